The first-order valence-corrected chi connectivity index (χ1v) is 5.43. The molecule has 86 valence electrons. The van der Waals surface area contributed by atoms with Gasteiger partial charge in [-0.15, -0.1) is 0 Å². The summed E-state index contributed by atoms with van der Waals surface area (Å²) < 4.78 is 5.16. The van der Waals surface area contributed by atoms with Crippen LogP contribution in [0.3, 0.4) is 0 Å². The van der Waals surface area contributed by atoms with Crippen LogP contribution in [0.4, 0.5) is 0 Å². The second kappa shape index (κ2) is 6.38. The van der Waals surface area contributed by atoms with Crippen LogP contribution in [0.15, 0.2) is 0 Å². The average Bonchev–Trinajstić information content (AvgIpc) is 2.17. The van der Waals surface area contributed by atoms with E-state index in [1.807, 2.05) is 0 Å². The van der Waals surface area contributed by atoms with Crippen molar-refractivity contribution in [2.24, 2.45) is 5.73 Å². The molecule has 0 aromatic carbocycles. The Labute approximate surface area is 88.6 Å². The molecular formula is C11H26N2O. The first-order valence-electron chi connectivity index (χ1n) is 5.43. The van der Waals surface area contributed by atoms with Gasteiger partial charge in [0.1, 0.15) is 0 Å². The number of ether oxygens (including phenoxy) is 1. The predicted octanol–water partition coefficient (Wildman–Crippen LogP) is 1.47. The van der Waals surface area contributed by atoms with Gasteiger partial charge >= 0.3 is 0 Å². The minimum atomic E-state index is 0.104. The minimum Gasteiger partial charge on any atom is -0.383 e. The fourth-order valence-corrected chi connectivity index (χ4v) is 1.85. The second-order valence-electron chi connectivity index (χ2n) is 4.37. The summed E-state index contributed by atoms with van der Waals surface area (Å²) in [4.78, 5) is 2.33. The van der Waals surface area contributed by atoms with E-state index in [9.17, 15) is 0 Å². The van der Waals surface area contributed by atoms with Crippen LogP contribution in [0.5, 0.6) is 0 Å². The Hall–Kier alpha value is -0.120. The highest BCUT2D eigenvalue weighted by Crippen LogP contribution is 2.20. The van der Waals surface area contributed by atoms with E-state index >= 15 is 0 Å². The van der Waals surface area contributed by atoms with E-state index < -0.39 is 0 Å². The van der Waals surface area contributed by atoms with Crippen LogP contribution < -0.4 is 5.73 Å². The van der Waals surface area contributed by atoms with Crippen molar-refractivity contribution in [1.29, 1.82) is 0 Å². The molecule has 0 fully saturated rings. The lowest BCUT2D eigenvalue weighted by atomic mass is 9.93. The molecule has 0 saturated carbocycles. The van der Waals surface area contributed by atoms with Gasteiger partial charge in [-0.3, -0.25) is 4.90 Å². The first kappa shape index (κ1) is 13.9. The van der Waals surface area contributed by atoms with Gasteiger partial charge in [0, 0.05) is 25.2 Å². The van der Waals surface area contributed by atoms with E-state index in [0.29, 0.717) is 12.6 Å². The van der Waals surface area contributed by atoms with Gasteiger partial charge in [-0.25, -0.2) is 0 Å². The number of hydrogen-bond donors (Lipinski definition) is 1. The SMILES string of the molecule is CCCC(C)(CN)N(C)C(C)COC. The molecule has 0 heterocycles. The van der Waals surface area contributed by atoms with Gasteiger partial charge in [0.05, 0.1) is 6.61 Å². The van der Waals surface area contributed by atoms with Crippen LogP contribution in [0.1, 0.15) is 33.6 Å². The van der Waals surface area contributed by atoms with E-state index in [1.165, 1.54) is 0 Å². The lowest BCUT2D eigenvalue weighted by Gasteiger charge is -2.41. The summed E-state index contributed by atoms with van der Waals surface area (Å²) in [7, 11) is 3.87. The van der Waals surface area contributed by atoms with E-state index in [1.54, 1.807) is 7.11 Å². The van der Waals surface area contributed by atoms with Gasteiger partial charge < -0.3 is 10.5 Å². The molecule has 0 bridgehead atoms. The average molecular weight is 202 g/mol. The molecule has 2 N–H and O–H groups in total. The predicted molar refractivity (Wildman–Crippen MR) is 61.5 cm³/mol. The van der Waals surface area contributed by atoms with Crippen molar-refractivity contribution >= 4 is 0 Å². The molecule has 14 heavy (non-hydrogen) atoms. The van der Waals surface area contributed by atoms with Crippen molar-refractivity contribution in [2.45, 2.75) is 45.2 Å². The van der Waals surface area contributed by atoms with Crippen LogP contribution in [0, 0.1) is 0 Å². The molecule has 0 saturated heterocycles. The fraction of sp³-hybridized carbons (Fsp3) is 1.00. The Morgan fingerprint density at radius 1 is 1.50 bits per heavy atom. The Morgan fingerprint density at radius 3 is 2.43 bits per heavy atom. The van der Waals surface area contributed by atoms with Gasteiger partial charge in [-0.2, -0.15) is 0 Å². The Bertz CT molecular complexity index is 152. The van der Waals surface area contributed by atoms with E-state index in [-0.39, 0.29) is 5.54 Å². The number of rotatable bonds is 7. The number of hydrogen-bond acceptors (Lipinski definition) is 3. The molecular weight excluding hydrogens is 176 g/mol. The minimum absolute atomic E-state index is 0.104. The van der Waals surface area contributed by atoms with E-state index in [4.69, 9.17) is 10.5 Å². The first-order chi connectivity index (χ1) is 6.51. The highest BCUT2D eigenvalue weighted by atomic mass is 16.5. The monoisotopic (exact) mass is 202 g/mol. The van der Waals surface area contributed by atoms with Crippen LogP contribution >= 0.6 is 0 Å². The third kappa shape index (κ3) is 3.56. The third-order valence-corrected chi connectivity index (χ3v) is 3.15. The van der Waals surface area contributed by atoms with Gasteiger partial charge in [-0.05, 0) is 27.3 Å². The van der Waals surface area contributed by atoms with Crippen molar-refractivity contribution in [3.8, 4) is 0 Å². The summed E-state index contributed by atoms with van der Waals surface area (Å²) in [6, 6.07) is 0.417. The third-order valence-electron chi connectivity index (χ3n) is 3.15. The summed E-state index contributed by atoms with van der Waals surface area (Å²) in [5.41, 5.74) is 5.95. The van der Waals surface area contributed by atoms with Gasteiger partial charge in [-0.1, -0.05) is 13.3 Å². The molecule has 0 aliphatic carbocycles. The molecule has 0 aromatic heterocycles. The lowest BCUT2D eigenvalue weighted by molar-refractivity contribution is 0.0424. The zero-order valence-corrected chi connectivity index (χ0v) is 10.3. The molecule has 0 rings (SSSR count). The van der Waals surface area contributed by atoms with Gasteiger partial charge in [0.25, 0.3) is 0 Å². The van der Waals surface area contributed by atoms with Crippen molar-refractivity contribution in [3.63, 3.8) is 0 Å². The standard InChI is InChI=1S/C11H26N2O/c1-6-7-11(3,9-12)13(4)10(2)8-14-5/h10H,6-9,12H2,1-5H3. The highest BCUT2D eigenvalue weighted by molar-refractivity contribution is 4.87. The topological polar surface area (TPSA) is 38.5 Å². The molecule has 0 amide bonds. The van der Waals surface area contributed by atoms with E-state index in [2.05, 4.69) is 32.7 Å². The maximum absolute atomic E-state index is 5.85. The van der Waals surface area contributed by atoms with Crippen molar-refractivity contribution in [1.82, 2.24) is 4.90 Å². The lowest BCUT2D eigenvalue weighted by Crippen LogP contribution is -2.54. The van der Waals surface area contributed by atoms with Crippen LogP contribution in [-0.2, 0) is 4.74 Å². The number of likely N-dealkylation sites (N-methyl/N-ethyl adjacent to an activating group) is 1. The van der Waals surface area contributed by atoms with Crippen LogP contribution in [-0.4, -0.2) is 43.8 Å². The van der Waals surface area contributed by atoms with Crippen LogP contribution in [0.2, 0.25) is 0 Å². The molecule has 3 nitrogen and oxygen atoms in total. The number of nitrogens with zero attached hydrogens (tertiary/aromatic N) is 1. The summed E-state index contributed by atoms with van der Waals surface area (Å²) in [5, 5.41) is 0. The number of nitrogens with two attached hydrogens (primary N) is 1. The second-order valence-corrected chi connectivity index (χ2v) is 4.37. The largest absolute Gasteiger partial charge is 0.383 e. The van der Waals surface area contributed by atoms with Gasteiger partial charge in [0.15, 0.2) is 0 Å². The zero-order valence-electron chi connectivity index (χ0n) is 10.3. The normalized spacial score (nSPS) is 18.2. The maximum Gasteiger partial charge on any atom is 0.0615 e. The number of methoxy groups -OCH3 is 1. The highest BCUT2D eigenvalue weighted by Gasteiger charge is 2.29. The fourth-order valence-electron chi connectivity index (χ4n) is 1.85. The van der Waals surface area contributed by atoms with Gasteiger partial charge in [0.2, 0.25) is 0 Å². The molecule has 2 atom stereocenters. The quantitative estimate of drug-likeness (QED) is 0.679. The molecule has 0 aliphatic rings. The molecule has 3 heteroatoms. The summed E-state index contributed by atoms with van der Waals surface area (Å²) in [6.45, 7) is 8.06. The van der Waals surface area contributed by atoms with E-state index in [0.717, 1.165) is 19.4 Å². The molecule has 0 spiro atoms. The van der Waals surface area contributed by atoms with Crippen molar-refractivity contribution in [2.75, 3.05) is 27.3 Å². The summed E-state index contributed by atoms with van der Waals surface area (Å²) in [6.07, 6.45) is 2.30. The van der Waals surface area contributed by atoms with Crippen molar-refractivity contribution in [3.05, 3.63) is 0 Å². The molecule has 0 aromatic rings. The van der Waals surface area contributed by atoms with Crippen molar-refractivity contribution < 1.29 is 4.74 Å². The Kier molecular flexibility index (Phi) is 6.33. The summed E-state index contributed by atoms with van der Waals surface area (Å²) in [5.74, 6) is 0. The van der Waals surface area contributed by atoms with Crippen LogP contribution in [0.25, 0.3) is 0 Å². The Balaban J connectivity index is 4.34. The maximum atomic E-state index is 5.85. The molecule has 0 aliphatic heterocycles. The Morgan fingerprint density at radius 2 is 2.07 bits per heavy atom. The zero-order chi connectivity index (χ0) is 11.2. The summed E-state index contributed by atoms with van der Waals surface area (Å²) >= 11 is 0. The molecule has 0 radical (unpaired) electrons. The molecule has 2 unspecified atom stereocenters. The smallest absolute Gasteiger partial charge is 0.0615 e.